The van der Waals surface area contributed by atoms with E-state index in [0.717, 1.165) is 38.2 Å². The normalized spacial score (nSPS) is 12.5. The first-order chi connectivity index (χ1) is 13.5. The molecule has 0 fully saturated rings. The van der Waals surface area contributed by atoms with Crippen molar-refractivity contribution < 1.29 is 9.29 Å². The maximum atomic E-state index is 14.2. The molecule has 3 heteroatoms. The van der Waals surface area contributed by atoms with Crippen LogP contribution in [0.5, 0.6) is 0 Å². The van der Waals surface area contributed by atoms with Crippen molar-refractivity contribution in [3.05, 3.63) is 95.1 Å². The minimum atomic E-state index is -0.0975. The Hall–Kier alpha value is -2.39. The van der Waals surface area contributed by atoms with Crippen LogP contribution < -0.4 is 4.90 Å². The summed E-state index contributed by atoms with van der Waals surface area (Å²) in [4.78, 5) is 1.41. The zero-order chi connectivity index (χ0) is 19.9. The molecule has 2 aromatic carbocycles. The average Bonchev–Trinajstić information content (AvgIpc) is 3.08. The number of halogens is 1. The second kappa shape index (κ2) is 9.70. The van der Waals surface area contributed by atoms with Crippen molar-refractivity contribution in [3.8, 4) is 0 Å². The number of nitrogens with one attached hydrogen (secondary N) is 1. The quantitative estimate of drug-likeness (QED) is 0.556. The van der Waals surface area contributed by atoms with Crippen LogP contribution in [-0.2, 0) is 19.6 Å². The molecule has 1 N–H and O–H groups in total. The smallest absolute Gasteiger partial charge is 0.132 e. The summed E-state index contributed by atoms with van der Waals surface area (Å²) in [6.07, 6.45) is 3.29. The summed E-state index contributed by atoms with van der Waals surface area (Å²) in [6, 6.07) is 20.2. The van der Waals surface area contributed by atoms with Gasteiger partial charge >= 0.3 is 0 Å². The predicted molar refractivity (Wildman–Crippen MR) is 114 cm³/mol. The fourth-order valence-corrected chi connectivity index (χ4v) is 3.67. The van der Waals surface area contributed by atoms with E-state index in [-0.39, 0.29) is 5.82 Å². The summed E-state index contributed by atoms with van der Waals surface area (Å²) < 4.78 is 16.5. The number of hydrogen-bond donors (Lipinski definition) is 1. The second-order valence-electron chi connectivity index (χ2n) is 8.24. The van der Waals surface area contributed by atoms with E-state index in [4.69, 9.17) is 0 Å². The van der Waals surface area contributed by atoms with Crippen molar-refractivity contribution >= 4 is 0 Å². The highest BCUT2D eigenvalue weighted by Crippen LogP contribution is 2.10. The molecule has 0 aliphatic heterocycles. The Morgan fingerprint density at radius 1 is 0.964 bits per heavy atom. The van der Waals surface area contributed by atoms with Gasteiger partial charge in [0.1, 0.15) is 18.9 Å². The van der Waals surface area contributed by atoms with Crippen molar-refractivity contribution in [3.63, 3.8) is 0 Å². The van der Waals surface area contributed by atoms with E-state index >= 15 is 0 Å². The highest BCUT2D eigenvalue weighted by atomic mass is 19.1. The Morgan fingerprint density at radius 2 is 1.79 bits per heavy atom. The fraction of sp³-hybridized carbons (Fsp3) is 0.360. The summed E-state index contributed by atoms with van der Waals surface area (Å²) in [5.74, 6) is 0.550. The Balaban J connectivity index is 1.75. The molecule has 0 bridgehead atoms. The molecule has 2 nitrogen and oxygen atoms in total. The molecule has 0 saturated heterocycles. The molecular weight excluding hydrogens is 347 g/mol. The van der Waals surface area contributed by atoms with Crippen LogP contribution in [0.4, 0.5) is 4.39 Å². The molecule has 1 atom stereocenters. The van der Waals surface area contributed by atoms with Gasteiger partial charge in [0.15, 0.2) is 0 Å². The maximum Gasteiger partial charge on any atom is 0.132 e. The maximum absolute atomic E-state index is 14.2. The number of aryl methyl sites for hydroxylation is 1. The van der Waals surface area contributed by atoms with Crippen LogP contribution in [0.2, 0.25) is 0 Å². The van der Waals surface area contributed by atoms with E-state index < -0.39 is 0 Å². The Bertz CT molecular complexity index is 882. The third-order valence-corrected chi connectivity index (χ3v) is 5.26. The van der Waals surface area contributed by atoms with Gasteiger partial charge in [0.05, 0.1) is 12.2 Å². The summed E-state index contributed by atoms with van der Waals surface area (Å²) in [6.45, 7) is 10.2. The van der Waals surface area contributed by atoms with Crippen LogP contribution in [0.25, 0.3) is 0 Å². The van der Waals surface area contributed by atoms with E-state index in [0.29, 0.717) is 5.92 Å². The van der Waals surface area contributed by atoms with Crippen molar-refractivity contribution in [2.45, 2.75) is 46.8 Å². The van der Waals surface area contributed by atoms with Crippen LogP contribution in [0.15, 0.2) is 66.9 Å². The monoisotopic (exact) mass is 379 g/mol. The second-order valence-corrected chi connectivity index (χ2v) is 8.24. The van der Waals surface area contributed by atoms with Crippen LogP contribution >= 0.6 is 0 Å². The summed E-state index contributed by atoms with van der Waals surface area (Å²) >= 11 is 0. The van der Waals surface area contributed by atoms with E-state index in [1.165, 1.54) is 21.7 Å². The topological polar surface area (TPSA) is 9.37 Å². The molecule has 0 amide bonds. The molecule has 0 aliphatic rings. The molecule has 3 aromatic rings. The highest BCUT2D eigenvalue weighted by Gasteiger charge is 2.16. The lowest BCUT2D eigenvalue weighted by molar-refractivity contribution is -0.928. The molecular formula is C25H32FN2+. The molecule has 0 spiro atoms. The summed E-state index contributed by atoms with van der Waals surface area (Å²) in [5, 5.41) is 0. The lowest BCUT2D eigenvalue weighted by Crippen LogP contribution is -3.09. The Labute approximate surface area is 168 Å². The van der Waals surface area contributed by atoms with E-state index in [2.05, 4.69) is 67.9 Å². The van der Waals surface area contributed by atoms with Crippen molar-refractivity contribution in [2.24, 2.45) is 5.92 Å². The third kappa shape index (κ3) is 5.80. The van der Waals surface area contributed by atoms with Gasteiger partial charge in [-0.3, -0.25) is 0 Å². The van der Waals surface area contributed by atoms with E-state index in [1.54, 1.807) is 12.1 Å². The van der Waals surface area contributed by atoms with Crippen LogP contribution in [0.1, 0.15) is 42.7 Å². The molecule has 28 heavy (non-hydrogen) atoms. The van der Waals surface area contributed by atoms with Gasteiger partial charge in [0, 0.05) is 18.3 Å². The Morgan fingerprint density at radius 3 is 2.54 bits per heavy atom. The van der Waals surface area contributed by atoms with Gasteiger partial charge in [-0.15, -0.1) is 0 Å². The van der Waals surface area contributed by atoms with Crippen molar-refractivity contribution in [1.82, 2.24) is 4.57 Å². The summed E-state index contributed by atoms with van der Waals surface area (Å²) in [7, 11) is 0. The molecule has 1 heterocycles. The predicted octanol–water partition coefficient (Wildman–Crippen LogP) is 4.62. The largest absolute Gasteiger partial charge is 0.342 e. The van der Waals surface area contributed by atoms with Crippen molar-refractivity contribution in [1.29, 1.82) is 0 Å². The van der Waals surface area contributed by atoms with Gasteiger partial charge < -0.3 is 9.47 Å². The first-order valence-corrected chi connectivity index (χ1v) is 10.3. The molecule has 0 aliphatic carbocycles. The minimum absolute atomic E-state index is 0.0975. The summed E-state index contributed by atoms with van der Waals surface area (Å²) in [5.41, 5.74) is 4.71. The molecule has 1 unspecified atom stereocenters. The van der Waals surface area contributed by atoms with E-state index in [1.807, 2.05) is 12.1 Å². The highest BCUT2D eigenvalue weighted by molar-refractivity contribution is 5.23. The average molecular weight is 380 g/mol. The number of benzene rings is 2. The standard InChI is InChI=1S/C25H31FN2/c1-20(2)13-15-27(18-23-10-4-5-12-25(23)26)19-24-11-7-14-28(24)17-22-9-6-8-21(3)16-22/h4-12,14,16,20H,13,15,17-19H2,1-3H3/p+1. The molecule has 148 valence electrons. The SMILES string of the molecule is Cc1cccc(Cn2cccc2C[NH+](CCC(C)C)Cc2ccccc2F)c1. The molecule has 0 radical (unpaired) electrons. The Kier molecular flexibility index (Phi) is 7.05. The van der Waals surface area contributed by atoms with Gasteiger partial charge in [-0.2, -0.15) is 0 Å². The lowest BCUT2D eigenvalue weighted by atomic mass is 10.1. The lowest BCUT2D eigenvalue weighted by Gasteiger charge is -2.22. The van der Waals surface area contributed by atoms with Crippen molar-refractivity contribution in [2.75, 3.05) is 6.54 Å². The zero-order valence-corrected chi connectivity index (χ0v) is 17.3. The minimum Gasteiger partial charge on any atom is -0.342 e. The van der Waals surface area contributed by atoms with Gasteiger partial charge in [0.2, 0.25) is 0 Å². The fourth-order valence-electron chi connectivity index (χ4n) is 3.67. The van der Waals surface area contributed by atoms with Crippen LogP contribution in [0.3, 0.4) is 0 Å². The first-order valence-electron chi connectivity index (χ1n) is 10.3. The van der Waals surface area contributed by atoms with E-state index in [9.17, 15) is 4.39 Å². The number of hydrogen-bond acceptors (Lipinski definition) is 0. The van der Waals surface area contributed by atoms with Crippen LogP contribution in [0, 0.1) is 18.7 Å². The molecule has 0 saturated carbocycles. The number of aromatic nitrogens is 1. The van der Waals surface area contributed by atoms with Gasteiger partial charge in [-0.1, -0.05) is 61.9 Å². The molecule has 3 rings (SSSR count). The first kappa shape index (κ1) is 20.3. The van der Waals surface area contributed by atoms with Gasteiger partial charge in [0.25, 0.3) is 0 Å². The number of rotatable bonds is 9. The van der Waals surface area contributed by atoms with Crippen LogP contribution in [-0.4, -0.2) is 11.1 Å². The number of quaternary nitrogens is 1. The third-order valence-electron chi connectivity index (χ3n) is 5.26. The number of nitrogens with zero attached hydrogens (tertiary/aromatic N) is 1. The van der Waals surface area contributed by atoms with Gasteiger partial charge in [-0.05, 0) is 43.0 Å². The molecule has 1 aromatic heterocycles. The van der Waals surface area contributed by atoms with Gasteiger partial charge in [-0.25, -0.2) is 4.39 Å². The zero-order valence-electron chi connectivity index (χ0n) is 17.3.